The standard InChI is InChI=1S/C18H11ClF2O2/c19-12-6-3-5-11(18(12)23)17-14(21)9-8-13(20)16(17)10-4-1-2-7-15(10)22/h1-9,22-23H. The van der Waals surface area contributed by atoms with Gasteiger partial charge in [-0.1, -0.05) is 41.9 Å². The molecule has 23 heavy (non-hydrogen) atoms. The fourth-order valence-corrected chi connectivity index (χ4v) is 2.66. The van der Waals surface area contributed by atoms with Gasteiger partial charge in [0.15, 0.2) is 0 Å². The maximum atomic E-state index is 14.4. The van der Waals surface area contributed by atoms with Gasteiger partial charge in [0.25, 0.3) is 0 Å². The quantitative estimate of drug-likeness (QED) is 0.663. The smallest absolute Gasteiger partial charge is 0.142 e. The first kappa shape index (κ1) is 15.3. The van der Waals surface area contributed by atoms with Crippen LogP contribution in [0.4, 0.5) is 8.78 Å². The summed E-state index contributed by atoms with van der Waals surface area (Å²) in [4.78, 5) is 0. The van der Waals surface area contributed by atoms with Crippen LogP contribution in [0, 0.1) is 11.6 Å². The number of hydrogen-bond donors (Lipinski definition) is 2. The van der Waals surface area contributed by atoms with Crippen molar-refractivity contribution < 1.29 is 19.0 Å². The molecule has 3 aromatic carbocycles. The van der Waals surface area contributed by atoms with Crippen LogP contribution in [-0.2, 0) is 0 Å². The molecular weight excluding hydrogens is 322 g/mol. The number of hydrogen-bond acceptors (Lipinski definition) is 2. The summed E-state index contributed by atoms with van der Waals surface area (Å²) in [6.45, 7) is 0. The molecule has 0 fully saturated rings. The largest absolute Gasteiger partial charge is 0.507 e. The number of halogens is 3. The number of aromatic hydroxyl groups is 2. The van der Waals surface area contributed by atoms with E-state index in [0.717, 1.165) is 12.1 Å². The summed E-state index contributed by atoms with van der Waals surface area (Å²) in [7, 11) is 0. The van der Waals surface area contributed by atoms with E-state index in [0.29, 0.717) is 0 Å². The predicted molar refractivity (Wildman–Crippen MR) is 85.6 cm³/mol. The highest BCUT2D eigenvalue weighted by atomic mass is 35.5. The summed E-state index contributed by atoms with van der Waals surface area (Å²) >= 11 is 5.87. The van der Waals surface area contributed by atoms with Crippen LogP contribution in [0.2, 0.25) is 5.02 Å². The summed E-state index contributed by atoms with van der Waals surface area (Å²) in [5.74, 6) is -2.00. The third-order valence-corrected chi connectivity index (χ3v) is 3.84. The lowest BCUT2D eigenvalue weighted by Crippen LogP contribution is -1.95. The molecule has 5 heteroatoms. The molecule has 0 amide bonds. The molecule has 0 aliphatic heterocycles. The number of rotatable bonds is 2. The van der Waals surface area contributed by atoms with Crippen LogP contribution in [0.1, 0.15) is 0 Å². The summed E-state index contributed by atoms with van der Waals surface area (Å²) < 4.78 is 28.9. The van der Waals surface area contributed by atoms with Crippen molar-refractivity contribution in [2.75, 3.05) is 0 Å². The van der Waals surface area contributed by atoms with Gasteiger partial charge in [-0.05, 0) is 24.3 Å². The summed E-state index contributed by atoms with van der Waals surface area (Å²) in [6.07, 6.45) is 0. The van der Waals surface area contributed by atoms with Crippen LogP contribution in [0.25, 0.3) is 22.3 Å². The van der Waals surface area contributed by atoms with Gasteiger partial charge in [-0.25, -0.2) is 8.78 Å². The third kappa shape index (κ3) is 2.62. The van der Waals surface area contributed by atoms with Gasteiger partial charge < -0.3 is 10.2 Å². The molecule has 0 spiro atoms. The molecule has 2 nitrogen and oxygen atoms in total. The fourth-order valence-electron chi connectivity index (χ4n) is 2.48. The van der Waals surface area contributed by atoms with E-state index in [-0.39, 0.29) is 38.8 Å². The average molecular weight is 333 g/mol. The lowest BCUT2D eigenvalue weighted by Gasteiger charge is -2.15. The van der Waals surface area contributed by atoms with Crippen LogP contribution in [0.15, 0.2) is 54.6 Å². The lowest BCUT2D eigenvalue weighted by atomic mass is 9.92. The van der Waals surface area contributed by atoms with E-state index in [1.807, 2.05) is 0 Å². The molecular formula is C18H11ClF2O2. The highest BCUT2D eigenvalue weighted by Gasteiger charge is 2.22. The van der Waals surface area contributed by atoms with Crippen molar-refractivity contribution in [2.45, 2.75) is 0 Å². The minimum absolute atomic E-state index is 0.0226. The second-order valence-corrected chi connectivity index (χ2v) is 5.34. The summed E-state index contributed by atoms with van der Waals surface area (Å²) in [6, 6.07) is 12.4. The normalized spacial score (nSPS) is 10.7. The molecule has 116 valence electrons. The maximum absolute atomic E-state index is 14.4. The molecule has 2 N–H and O–H groups in total. The van der Waals surface area contributed by atoms with E-state index in [1.165, 1.54) is 30.3 Å². The molecule has 3 rings (SSSR count). The van der Waals surface area contributed by atoms with Crippen molar-refractivity contribution in [3.63, 3.8) is 0 Å². The van der Waals surface area contributed by atoms with Crippen molar-refractivity contribution in [1.29, 1.82) is 0 Å². The Balaban J connectivity index is 2.40. The van der Waals surface area contributed by atoms with Gasteiger partial charge >= 0.3 is 0 Å². The Kier molecular flexibility index (Phi) is 3.92. The monoisotopic (exact) mass is 332 g/mol. The zero-order valence-corrected chi connectivity index (χ0v) is 12.5. The number of para-hydroxylation sites is 2. The van der Waals surface area contributed by atoms with Crippen molar-refractivity contribution in [2.24, 2.45) is 0 Å². The Hall–Kier alpha value is -2.59. The second kappa shape index (κ2) is 5.89. The van der Waals surface area contributed by atoms with Gasteiger partial charge in [-0.2, -0.15) is 0 Å². The van der Waals surface area contributed by atoms with Gasteiger partial charge in [0.1, 0.15) is 23.1 Å². The molecule has 0 atom stereocenters. The SMILES string of the molecule is Oc1ccccc1-c1c(F)ccc(F)c1-c1cccc(Cl)c1O. The first-order chi connectivity index (χ1) is 11.0. The van der Waals surface area contributed by atoms with E-state index in [2.05, 4.69) is 0 Å². The second-order valence-electron chi connectivity index (χ2n) is 4.93. The lowest BCUT2D eigenvalue weighted by molar-refractivity contribution is 0.475. The maximum Gasteiger partial charge on any atom is 0.142 e. The van der Waals surface area contributed by atoms with E-state index in [9.17, 15) is 19.0 Å². The molecule has 0 radical (unpaired) electrons. The van der Waals surface area contributed by atoms with Crippen LogP contribution in [0.5, 0.6) is 11.5 Å². The number of phenols is 2. The Morgan fingerprint density at radius 2 is 1.26 bits per heavy atom. The predicted octanol–water partition coefficient (Wildman–Crippen LogP) is 5.36. The van der Waals surface area contributed by atoms with Crippen LogP contribution in [0.3, 0.4) is 0 Å². The first-order valence-electron chi connectivity index (χ1n) is 6.75. The Bertz CT molecular complexity index is 894. The van der Waals surface area contributed by atoms with E-state index in [1.54, 1.807) is 12.1 Å². The van der Waals surface area contributed by atoms with Crippen molar-refractivity contribution >= 4 is 11.6 Å². The van der Waals surface area contributed by atoms with Gasteiger partial charge in [-0.15, -0.1) is 0 Å². The Morgan fingerprint density at radius 1 is 0.696 bits per heavy atom. The third-order valence-electron chi connectivity index (χ3n) is 3.53. The van der Waals surface area contributed by atoms with Crippen LogP contribution >= 0.6 is 11.6 Å². The minimum Gasteiger partial charge on any atom is -0.507 e. The molecule has 0 heterocycles. The first-order valence-corrected chi connectivity index (χ1v) is 7.12. The zero-order chi connectivity index (χ0) is 16.6. The van der Waals surface area contributed by atoms with Crippen LogP contribution < -0.4 is 0 Å². The van der Waals surface area contributed by atoms with Gasteiger partial charge in [0, 0.05) is 22.3 Å². The number of benzene rings is 3. The van der Waals surface area contributed by atoms with Gasteiger partial charge in [-0.3, -0.25) is 0 Å². The van der Waals surface area contributed by atoms with E-state index in [4.69, 9.17) is 11.6 Å². The molecule has 3 aromatic rings. The molecule has 0 saturated carbocycles. The molecule has 0 aliphatic rings. The molecule has 0 bridgehead atoms. The summed E-state index contributed by atoms with van der Waals surface area (Å²) in [5.41, 5.74) is -0.126. The number of phenolic OH excluding ortho intramolecular Hbond substituents is 2. The van der Waals surface area contributed by atoms with Crippen LogP contribution in [-0.4, -0.2) is 10.2 Å². The van der Waals surface area contributed by atoms with Gasteiger partial charge in [0.05, 0.1) is 5.02 Å². The van der Waals surface area contributed by atoms with Gasteiger partial charge in [0.2, 0.25) is 0 Å². The molecule has 0 aliphatic carbocycles. The Morgan fingerprint density at radius 3 is 1.91 bits per heavy atom. The minimum atomic E-state index is -0.734. The fraction of sp³-hybridized carbons (Fsp3) is 0. The molecule has 0 saturated heterocycles. The molecule has 0 unspecified atom stereocenters. The topological polar surface area (TPSA) is 40.5 Å². The molecule has 0 aromatic heterocycles. The van der Waals surface area contributed by atoms with E-state index < -0.39 is 11.6 Å². The van der Waals surface area contributed by atoms with Crippen molar-refractivity contribution in [1.82, 2.24) is 0 Å². The highest BCUT2D eigenvalue weighted by molar-refractivity contribution is 6.32. The summed E-state index contributed by atoms with van der Waals surface area (Å²) in [5, 5.41) is 20.1. The zero-order valence-electron chi connectivity index (χ0n) is 11.7. The Labute approximate surface area is 136 Å². The average Bonchev–Trinajstić information content (AvgIpc) is 2.53. The van der Waals surface area contributed by atoms with E-state index >= 15 is 0 Å². The highest BCUT2D eigenvalue weighted by Crippen LogP contribution is 2.44. The van der Waals surface area contributed by atoms with Crippen molar-refractivity contribution in [3.05, 3.63) is 71.3 Å². The van der Waals surface area contributed by atoms with Crippen molar-refractivity contribution in [3.8, 4) is 33.8 Å².